The quantitative estimate of drug-likeness (QED) is 0.603. The summed E-state index contributed by atoms with van der Waals surface area (Å²) in [5.41, 5.74) is 8.03. The molecule has 3 N–H and O–H groups in total. The highest BCUT2D eigenvalue weighted by Crippen LogP contribution is 2.37. The molecule has 1 aromatic heterocycles. The maximum absolute atomic E-state index is 12.2. The molecule has 0 saturated heterocycles. The van der Waals surface area contributed by atoms with E-state index in [4.69, 9.17) is 17.3 Å². The first kappa shape index (κ1) is 19.5. The minimum atomic E-state index is -0.657. The first-order valence-corrected chi connectivity index (χ1v) is 10.3. The predicted octanol–water partition coefficient (Wildman–Crippen LogP) is 3.73. The largest absolute Gasteiger partial charge is 0.508 e. The summed E-state index contributed by atoms with van der Waals surface area (Å²) < 4.78 is 1.63. The van der Waals surface area contributed by atoms with Gasteiger partial charge < -0.3 is 10.8 Å². The van der Waals surface area contributed by atoms with Gasteiger partial charge in [0.1, 0.15) is 11.7 Å². The van der Waals surface area contributed by atoms with Crippen molar-refractivity contribution in [2.24, 2.45) is 16.6 Å². The topological polar surface area (TPSA) is 106 Å². The Labute approximate surface area is 176 Å². The maximum atomic E-state index is 12.2. The highest BCUT2D eigenvalue weighted by Gasteiger charge is 2.38. The molecule has 9 heteroatoms. The third-order valence-corrected chi connectivity index (χ3v) is 6.01. The fraction of sp³-hybridized carbons (Fsp3) is 0.200. The van der Waals surface area contributed by atoms with Gasteiger partial charge in [-0.05, 0) is 36.2 Å². The van der Waals surface area contributed by atoms with Gasteiger partial charge in [0.2, 0.25) is 17.0 Å². The van der Waals surface area contributed by atoms with Crippen molar-refractivity contribution in [1.82, 2.24) is 14.8 Å². The van der Waals surface area contributed by atoms with E-state index in [2.05, 4.69) is 15.1 Å². The van der Waals surface area contributed by atoms with Crippen LogP contribution in [0.5, 0.6) is 5.75 Å². The van der Waals surface area contributed by atoms with Crippen LogP contribution in [0.1, 0.15) is 24.1 Å². The second-order valence-electron chi connectivity index (χ2n) is 6.69. The van der Waals surface area contributed by atoms with Gasteiger partial charge in [0, 0.05) is 16.5 Å². The van der Waals surface area contributed by atoms with Crippen LogP contribution in [0.3, 0.4) is 0 Å². The minimum Gasteiger partial charge on any atom is -0.508 e. The molecule has 7 nitrogen and oxygen atoms in total. The number of nitrogens with two attached hydrogens (primary N) is 1. The molecule has 148 valence electrons. The number of aliphatic imine (C=N–C) groups is 1. The lowest BCUT2D eigenvalue weighted by Crippen LogP contribution is -2.39. The summed E-state index contributed by atoms with van der Waals surface area (Å²) in [7, 11) is 0. The van der Waals surface area contributed by atoms with Crippen LogP contribution in [-0.2, 0) is 10.5 Å². The molecule has 2 aromatic carbocycles. The number of phenolic OH excluding ortho intramolecular Hbond substituents is 1. The second kappa shape index (κ2) is 7.88. The first-order chi connectivity index (χ1) is 13.9. The van der Waals surface area contributed by atoms with Crippen LogP contribution in [0, 0.1) is 5.92 Å². The third-order valence-electron chi connectivity index (χ3n) is 4.76. The van der Waals surface area contributed by atoms with Gasteiger partial charge in [-0.1, -0.05) is 53.7 Å². The van der Waals surface area contributed by atoms with E-state index in [1.54, 1.807) is 35.9 Å². The number of aromatic hydroxyl groups is 1. The molecule has 1 aliphatic rings. The molecular formula is C20H18ClN5O2S. The van der Waals surface area contributed by atoms with Crippen molar-refractivity contribution < 1.29 is 9.90 Å². The number of carbonyl (C=O) groups excluding carboxylic acids is 1. The SMILES string of the molecule is CC1=Nc2nc(SCc3ccccc3Cl)nn2C(c2ccc(O)cc2)C1C(N)=O. The van der Waals surface area contributed by atoms with Crippen LogP contribution in [0.25, 0.3) is 0 Å². The number of nitrogens with zero attached hydrogens (tertiary/aromatic N) is 4. The predicted molar refractivity (Wildman–Crippen MR) is 113 cm³/mol. The van der Waals surface area contributed by atoms with Crippen molar-refractivity contribution in [3.05, 3.63) is 64.7 Å². The zero-order chi connectivity index (χ0) is 20.5. The minimum absolute atomic E-state index is 0.139. The van der Waals surface area contributed by atoms with Gasteiger partial charge in [0.05, 0.1) is 6.04 Å². The maximum Gasteiger partial charge on any atom is 0.249 e. The van der Waals surface area contributed by atoms with Crippen molar-refractivity contribution in [2.45, 2.75) is 23.9 Å². The Kier molecular flexibility index (Phi) is 5.29. The van der Waals surface area contributed by atoms with Crippen molar-refractivity contribution in [2.75, 3.05) is 0 Å². The van der Waals surface area contributed by atoms with Gasteiger partial charge in [-0.25, -0.2) is 9.67 Å². The molecule has 0 aliphatic carbocycles. The molecule has 0 fully saturated rings. The number of benzene rings is 2. The van der Waals surface area contributed by atoms with Crippen LogP contribution >= 0.6 is 23.4 Å². The van der Waals surface area contributed by atoms with E-state index in [1.165, 1.54) is 11.8 Å². The number of fused-ring (bicyclic) bond motifs is 1. The number of rotatable bonds is 5. The number of hydrogen-bond acceptors (Lipinski definition) is 6. The van der Waals surface area contributed by atoms with E-state index in [0.29, 0.717) is 27.6 Å². The van der Waals surface area contributed by atoms with Crippen LogP contribution in [0.2, 0.25) is 5.02 Å². The van der Waals surface area contributed by atoms with E-state index < -0.39 is 17.9 Å². The lowest BCUT2D eigenvalue weighted by molar-refractivity contribution is -0.120. The molecule has 1 aliphatic heterocycles. The van der Waals surface area contributed by atoms with Gasteiger partial charge in [-0.3, -0.25) is 4.79 Å². The average molecular weight is 428 g/mol. The van der Waals surface area contributed by atoms with Crippen LogP contribution in [0.15, 0.2) is 58.7 Å². The van der Waals surface area contributed by atoms with Crippen LogP contribution in [-0.4, -0.2) is 31.5 Å². The average Bonchev–Trinajstić information content (AvgIpc) is 3.09. The van der Waals surface area contributed by atoms with Gasteiger partial charge in [0.15, 0.2) is 0 Å². The molecule has 0 radical (unpaired) electrons. The number of halogens is 1. The fourth-order valence-electron chi connectivity index (χ4n) is 3.34. The molecule has 29 heavy (non-hydrogen) atoms. The van der Waals surface area contributed by atoms with E-state index in [0.717, 1.165) is 11.1 Å². The number of aromatic nitrogens is 3. The molecule has 2 heterocycles. The zero-order valence-corrected chi connectivity index (χ0v) is 17.1. The number of carbonyl (C=O) groups is 1. The van der Waals surface area contributed by atoms with Gasteiger partial charge in [-0.15, -0.1) is 5.10 Å². The highest BCUT2D eigenvalue weighted by atomic mass is 35.5. The summed E-state index contributed by atoms with van der Waals surface area (Å²) in [5, 5.41) is 15.4. The molecule has 0 bridgehead atoms. The lowest BCUT2D eigenvalue weighted by atomic mass is 9.88. The summed E-state index contributed by atoms with van der Waals surface area (Å²) in [6.45, 7) is 1.76. The van der Waals surface area contributed by atoms with Crippen molar-refractivity contribution in [1.29, 1.82) is 0 Å². The number of thioether (sulfide) groups is 1. The van der Waals surface area contributed by atoms with Crippen molar-refractivity contribution in [3.8, 4) is 5.75 Å². The Balaban J connectivity index is 1.69. The lowest BCUT2D eigenvalue weighted by Gasteiger charge is -2.29. The Bertz CT molecular complexity index is 1100. The summed E-state index contributed by atoms with van der Waals surface area (Å²) in [6, 6.07) is 13.8. The molecule has 2 atom stereocenters. The number of amides is 1. The van der Waals surface area contributed by atoms with E-state index in [1.807, 2.05) is 24.3 Å². The molecule has 4 rings (SSSR count). The Morgan fingerprint density at radius 2 is 1.97 bits per heavy atom. The van der Waals surface area contributed by atoms with Crippen LogP contribution < -0.4 is 5.73 Å². The van der Waals surface area contributed by atoms with E-state index in [9.17, 15) is 9.90 Å². The van der Waals surface area contributed by atoms with Crippen molar-refractivity contribution in [3.63, 3.8) is 0 Å². The normalized spacial score (nSPS) is 18.2. The summed E-state index contributed by atoms with van der Waals surface area (Å²) in [5.74, 6) is 0.0144. The monoisotopic (exact) mass is 427 g/mol. The third kappa shape index (κ3) is 3.86. The molecular weight excluding hydrogens is 410 g/mol. The Morgan fingerprint density at radius 3 is 2.66 bits per heavy atom. The van der Waals surface area contributed by atoms with Crippen molar-refractivity contribution >= 4 is 40.9 Å². The van der Waals surface area contributed by atoms with E-state index in [-0.39, 0.29) is 5.75 Å². The van der Waals surface area contributed by atoms with Gasteiger partial charge in [-0.2, -0.15) is 4.98 Å². The molecule has 2 unspecified atom stereocenters. The molecule has 0 saturated carbocycles. The number of phenols is 1. The highest BCUT2D eigenvalue weighted by molar-refractivity contribution is 7.98. The summed E-state index contributed by atoms with van der Waals surface area (Å²) in [6.07, 6.45) is 0. The number of primary amides is 1. The number of hydrogen-bond donors (Lipinski definition) is 2. The molecule has 3 aromatic rings. The zero-order valence-electron chi connectivity index (χ0n) is 15.5. The van der Waals surface area contributed by atoms with Gasteiger partial charge in [0.25, 0.3) is 0 Å². The van der Waals surface area contributed by atoms with Crippen LogP contribution in [0.4, 0.5) is 5.95 Å². The fourth-order valence-corrected chi connectivity index (χ4v) is 4.45. The standard InChI is InChI=1S/C20H18ClN5O2S/c1-11-16(18(22)28)17(12-6-8-14(27)9-7-12)26-19(23-11)24-20(25-26)29-10-13-4-2-3-5-15(13)21/h2-9,16-17,27H,10H2,1H3,(H2,22,28). The second-order valence-corrected chi connectivity index (χ2v) is 8.04. The summed E-state index contributed by atoms with van der Waals surface area (Å²) in [4.78, 5) is 21.2. The molecule has 0 spiro atoms. The van der Waals surface area contributed by atoms with Gasteiger partial charge >= 0.3 is 0 Å². The molecule has 1 amide bonds. The first-order valence-electron chi connectivity index (χ1n) is 8.90. The van der Waals surface area contributed by atoms with E-state index >= 15 is 0 Å². The Hall–Kier alpha value is -2.84. The Morgan fingerprint density at radius 1 is 1.24 bits per heavy atom. The summed E-state index contributed by atoms with van der Waals surface area (Å²) >= 11 is 7.67. The smallest absolute Gasteiger partial charge is 0.249 e.